The number of hydrogen-bond donors (Lipinski definition) is 0. The average molecular weight is 265 g/mol. The zero-order chi connectivity index (χ0) is 13.1. The minimum Gasteiger partial charge on any atom is -0.461 e. The molecule has 0 amide bonds. The number of aliphatic imine (C=N–C) groups is 1. The smallest absolute Gasteiger partial charge is 0.306 e. The fraction of sp³-hybridized carbons (Fsp3) is 0.385. The minimum absolute atomic E-state index is 0.196. The molecule has 0 aliphatic heterocycles. The van der Waals surface area contributed by atoms with Crippen LogP contribution in [0.1, 0.15) is 18.4 Å². The van der Waals surface area contributed by atoms with Crippen LogP contribution in [-0.2, 0) is 20.9 Å². The van der Waals surface area contributed by atoms with Gasteiger partial charge < -0.3 is 4.74 Å². The Balaban J connectivity index is 2.05. The van der Waals surface area contributed by atoms with E-state index in [9.17, 15) is 9.59 Å². The van der Waals surface area contributed by atoms with E-state index >= 15 is 0 Å². The summed E-state index contributed by atoms with van der Waals surface area (Å²) in [6.45, 7) is 0.322. The Hall–Kier alpha value is -1.58. The fourth-order valence-electron chi connectivity index (χ4n) is 1.27. The van der Waals surface area contributed by atoms with Crippen LogP contribution in [0.25, 0.3) is 0 Å². The third-order valence-corrected chi connectivity index (χ3v) is 3.02. The summed E-state index contributed by atoms with van der Waals surface area (Å²) in [4.78, 5) is 24.6. The summed E-state index contributed by atoms with van der Waals surface area (Å²) in [7, 11) is 0. The van der Waals surface area contributed by atoms with Gasteiger partial charge in [0.15, 0.2) is 0 Å². The Bertz CT molecular complexity index is 402. The van der Waals surface area contributed by atoms with Crippen molar-refractivity contribution >= 4 is 23.8 Å². The second kappa shape index (κ2) is 9.45. The number of carbonyl (C=O) groups excluding carboxylic acids is 2. The molecule has 1 aromatic carbocycles. The first-order valence-electron chi connectivity index (χ1n) is 5.64. The third-order valence-electron chi connectivity index (χ3n) is 2.13. The van der Waals surface area contributed by atoms with Crippen molar-refractivity contribution in [3.63, 3.8) is 0 Å². The molecule has 96 valence electrons. The predicted molar refractivity (Wildman–Crippen MR) is 70.9 cm³/mol. The molecule has 0 aliphatic rings. The molecule has 18 heavy (non-hydrogen) atoms. The molecule has 0 atom stereocenters. The van der Waals surface area contributed by atoms with Crippen molar-refractivity contribution in [2.45, 2.75) is 19.4 Å². The van der Waals surface area contributed by atoms with E-state index in [0.29, 0.717) is 18.9 Å². The number of thioether (sulfide) groups is 1. The highest BCUT2D eigenvalue weighted by Crippen LogP contribution is 2.06. The molecule has 0 fully saturated rings. The van der Waals surface area contributed by atoms with Crippen LogP contribution in [0.15, 0.2) is 35.3 Å². The number of isocyanates is 1. The van der Waals surface area contributed by atoms with Gasteiger partial charge in [-0.1, -0.05) is 30.3 Å². The Kier molecular flexibility index (Phi) is 7.60. The summed E-state index contributed by atoms with van der Waals surface area (Å²) in [5.41, 5.74) is 0.987. The maximum absolute atomic E-state index is 11.4. The molecule has 0 unspecified atom stereocenters. The van der Waals surface area contributed by atoms with Gasteiger partial charge in [-0.3, -0.25) is 4.79 Å². The Morgan fingerprint density at radius 1 is 1.33 bits per heavy atom. The second-order valence-electron chi connectivity index (χ2n) is 3.54. The Labute approximate surface area is 110 Å². The average Bonchev–Trinajstić information content (AvgIpc) is 2.41. The summed E-state index contributed by atoms with van der Waals surface area (Å²) >= 11 is 1.50. The number of esters is 1. The molecule has 0 radical (unpaired) electrons. The molecule has 0 N–H and O–H groups in total. The van der Waals surface area contributed by atoms with Crippen LogP contribution in [-0.4, -0.2) is 23.7 Å². The Morgan fingerprint density at radius 3 is 2.83 bits per heavy atom. The molecule has 4 nitrogen and oxygen atoms in total. The quantitative estimate of drug-likeness (QED) is 0.314. The van der Waals surface area contributed by atoms with Crippen LogP contribution >= 0.6 is 11.8 Å². The third kappa shape index (κ3) is 6.89. The fourth-order valence-corrected chi connectivity index (χ4v) is 1.89. The number of nitrogens with zero attached hydrogens (tertiary/aromatic N) is 1. The molecule has 1 rings (SSSR count). The van der Waals surface area contributed by atoms with Crippen LogP contribution in [0.5, 0.6) is 0 Å². The maximum Gasteiger partial charge on any atom is 0.306 e. The molecule has 0 spiro atoms. The second-order valence-corrected chi connectivity index (χ2v) is 4.61. The minimum atomic E-state index is -0.196. The molecule has 0 aromatic heterocycles. The highest BCUT2D eigenvalue weighted by molar-refractivity contribution is 7.99. The van der Waals surface area contributed by atoms with E-state index in [0.717, 1.165) is 17.7 Å². The van der Waals surface area contributed by atoms with Crippen molar-refractivity contribution in [1.82, 2.24) is 0 Å². The zero-order valence-corrected chi connectivity index (χ0v) is 10.8. The van der Waals surface area contributed by atoms with Crippen LogP contribution < -0.4 is 0 Å². The van der Waals surface area contributed by atoms with E-state index in [1.54, 1.807) is 0 Å². The van der Waals surface area contributed by atoms with Gasteiger partial charge in [0.05, 0.1) is 5.88 Å². The standard InChI is InChI=1S/C13H15NO3S/c15-10-14-11-18-8-4-7-13(16)17-9-12-5-2-1-3-6-12/h1-3,5-6H,4,7-9,11H2. The molecular formula is C13H15NO3S. The van der Waals surface area contributed by atoms with Gasteiger partial charge in [-0.05, 0) is 17.7 Å². The van der Waals surface area contributed by atoms with Crippen molar-refractivity contribution in [3.8, 4) is 0 Å². The molecule has 0 bridgehead atoms. The number of carbonyl (C=O) groups is 1. The van der Waals surface area contributed by atoms with E-state index in [-0.39, 0.29) is 5.97 Å². The van der Waals surface area contributed by atoms with E-state index < -0.39 is 0 Å². The van der Waals surface area contributed by atoms with Crippen molar-refractivity contribution in [2.24, 2.45) is 4.99 Å². The van der Waals surface area contributed by atoms with Gasteiger partial charge in [-0.15, -0.1) is 11.8 Å². The number of benzene rings is 1. The first-order valence-corrected chi connectivity index (χ1v) is 6.79. The van der Waals surface area contributed by atoms with Gasteiger partial charge in [0.2, 0.25) is 6.08 Å². The lowest BCUT2D eigenvalue weighted by atomic mass is 10.2. The lowest BCUT2D eigenvalue weighted by Crippen LogP contribution is -2.04. The van der Waals surface area contributed by atoms with Gasteiger partial charge in [0.1, 0.15) is 6.61 Å². The molecule has 0 saturated carbocycles. The monoisotopic (exact) mass is 265 g/mol. The van der Waals surface area contributed by atoms with Gasteiger partial charge in [0, 0.05) is 6.42 Å². The highest BCUT2D eigenvalue weighted by Gasteiger charge is 2.02. The van der Waals surface area contributed by atoms with Gasteiger partial charge in [0.25, 0.3) is 0 Å². The summed E-state index contributed by atoms with van der Waals surface area (Å²) in [5.74, 6) is 0.993. The number of rotatable bonds is 8. The molecule has 0 saturated heterocycles. The molecule has 1 aromatic rings. The van der Waals surface area contributed by atoms with E-state index in [2.05, 4.69) is 4.99 Å². The van der Waals surface area contributed by atoms with Crippen LogP contribution in [0.3, 0.4) is 0 Å². The largest absolute Gasteiger partial charge is 0.461 e. The topological polar surface area (TPSA) is 55.7 Å². The van der Waals surface area contributed by atoms with Crippen LogP contribution in [0, 0.1) is 0 Å². The van der Waals surface area contributed by atoms with Gasteiger partial charge in [-0.25, -0.2) is 4.79 Å². The maximum atomic E-state index is 11.4. The van der Waals surface area contributed by atoms with Crippen LogP contribution in [0.4, 0.5) is 0 Å². The SMILES string of the molecule is O=C=NCSCCCC(=O)OCc1ccccc1. The van der Waals surface area contributed by atoms with Gasteiger partial charge in [-0.2, -0.15) is 4.99 Å². The summed E-state index contributed by atoms with van der Waals surface area (Å²) in [6, 6.07) is 9.58. The van der Waals surface area contributed by atoms with Crippen molar-refractivity contribution in [2.75, 3.05) is 11.6 Å². The predicted octanol–water partition coefficient (Wildman–Crippen LogP) is 2.54. The molecule has 0 heterocycles. The van der Waals surface area contributed by atoms with Crippen molar-refractivity contribution < 1.29 is 14.3 Å². The summed E-state index contributed by atoms with van der Waals surface area (Å²) < 4.78 is 5.12. The highest BCUT2D eigenvalue weighted by atomic mass is 32.2. The summed E-state index contributed by atoms with van der Waals surface area (Å²) in [5, 5.41) is 0. The molecule has 5 heteroatoms. The number of ether oxygens (including phenoxy) is 1. The van der Waals surface area contributed by atoms with Gasteiger partial charge >= 0.3 is 5.97 Å². The summed E-state index contributed by atoms with van der Waals surface area (Å²) in [6.07, 6.45) is 2.59. The first kappa shape index (κ1) is 14.5. The molecular weight excluding hydrogens is 250 g/mol. The lowest BCUT2D eigenvalue weighted by Gasteiger charge is -2.04. The first-order chi connectivity index (χ1) is 8.83. The molecule has 0 aliphatic carbocycles. The lowest BCUT2D eigenvalue weighted by molar-refractivity contribution is -0.144. The normalized spacial score (nSPS) is 9.56. The Morgan fingerprint density at radius 2 is 2.11 bits per heavy atom. The van der Waals surface area contributed by atoms with Crippen molar-refractivity contribution in [1.29, 1.82) is 0 Å². The zero-order valence-electron chi connectivity index (χ0n) is 10.0. The number of hydrogen-bond acceptors (Lipinski definition) is 5. The van der Waals surface area contributed by atoms with E-state index in [4.69, 9.17) is 4.74 Å². The van der Waals surface area contributed by atoms with E-state index in [1.807, 2.05) is 30.3 Å². The van der Waals surface area contributed by atoms with Crippen molar-refractivity contribution in [3.05, 3.63) is 35.9 Å². The van der Waals surface area contributed by atoms with E-state index in [1.165, 1.54) is 17.8 Å². The van der Waals surface area contributed by atoms with Crippen LogP contribution in [0.2, 0.25) is 0 Å².